The second kappa shape index (κ2) is 10.6. The fourth-order valence-electron chi connectivity index (χ4n) is 4.33. The lowest BCUT2D eigenvalue weighted by atomic mass is 10.1. The molecular formula is C25H32F3N5O4. The summed E-state index contributed by atoms with van der Waals surface area (Å²) < 4.78 is 51.6. The summed E-state index contributed by atoms with van der Waals surface area (Å²) in [5.41, 5.74) is -1.39. The standard InChI is InChI=1S/C25H32F3N5O4/c1-24(2,3)37-23(35)33-13-11-31(12-14-33)19-8-7-17(16-29-19)15-18(34)20-21(25(26,27)28)30-22(36-20)32-9-5-4-6-10-32/h7-8,16H,4-6,9-15H2,1-3H3. The number of amides is 1. The van der Waals surface area contributed by atoms with Crippen molar-refractivity contribution in [2.75, 3.05) is 49.1 Å². The Hall–Kier alpha value is -3.31. The molecule has 4 heterocycles. The molecule has 0 unspecified atom stereocenters. The van der Waals surface area contributed by atoms with Crippen LogP contribution < -0.4 is 9.80 Å². The van der Waals surface area contributed by atoms with Gasteiger partial charge >= 0.3 is 12.3 Å². The predicted molar refractivity (Wildman–Crippen MR) is 130 cm³/mol. The molecule has 0 saturated carbocycles. The highest BCUT2D eigenvalue weighted by molar-refractivity contribution is 5.96. The molecule has 0 bridgehead atoms. The number of carbonyl (C=O) groups excluding carboxylic acids is 2. The SMILES string of the molecule is CC(C)(C)OC(=O)N1CCN(c2ccc(CC(=O)c3oc(N4CCCCC4)nc3C(F)(F)F)cn2)CC1. The Balaban J connectivity index is 1.39. The molecule has 2 aromatic heterocycles. The fraction of sp³-hybridized carbons (Fsp3) is 0.600. The second-order valence-electron chi connectivity index (χ2n) is 10.3. The summed E-state index contributed by atoms with van der Waals surface area (Å²) >= 11 is 0. The molecular weight excluding hydrogens is 491 g/mol. The van der Waals surface area contributed by atoms with E-state index in [0.29, 0.717) is 50.6 Å². The third-order valence-electron chi connectivity index (χ3n) is 6.19. The number of ketones is 1. The summed E-state index contributed by atoms with van der Waals surface area (Å²) in [4.78, 5) is 38.4. The highest BCUT2D eigenvalue weighted by atomic mass is 19.4. The number of hydrogen-bond acceptors (Lipinski definition) is 8. The number of ether oxygens (including phenoxy) is 1. The molecule has 2 saturated heterocycles. The number of pyridine rings is 1. The van der Waals surface area contributed by atoms with Crippen LogP contribution in [0.4, 0.5) is 29.8 Å². The number of nitrogens with zero attached hydrogens (tertiary/aromatic N) is 5. The fourth-order valence-corrected chi connectivity index (χ4v) is 4.33. The molecule has 9 nitrogen and oxygen atoms in total. The molecule has 2 fully saturated rings. The molecule has 4 rings (SSSR count). The van der Waals surface area contributed by atoms with Crippen molar-refractivity contribution < 1.29 is 31.9 Å². The van der Waals surface area contributed by atoms with Gasteiger partial charge in [-0.25, -0.2) is 9.78 Å². The second-order valence-corrected chi connectivity index (χ2v) is 10.3. The zero-order chi connectivity index (χ0) is 26.8. The number of Topliss-reactive ketones (excluding diaryl/α,β-unsaturated/α-hetero) is 1. The van der Waals surface area contributed by atoms with Crippen LogP contribution in [0.2, 0.25) is 0 Å². The summed E-state index contributed by atoms with van der Waals surface area (Å²) in [6.07, 6.45) is -1.31. The van der Waals surface area contributed by atoms with E-state index in [1.165, 1.54) is 6.20 Å². The van der Waals surface area contributed by atoms with Gasteiger partial charge in [-0.05, 0) is 51.7 Å². The van der Waals surface area contributed by atoms with Gasteiger partial charge in [0.1, 0.15) is 11.4 Å². The molecule has 0 N–H and O–H groups in total. The number of oxazole rings is 1. The number of piperidine rings is 1. The van der Waals surface area contributed by atoms with Gasteiger partial charge in [0.15, 0.2) is 5.69 Å². The molecule has 2 aromatic rings. The van der Waals surface area contributed by atoms with Crippen LogP contribution in [0.1, 0.15) is 61.8 Å². The van der Waals surface area contributed by atoms with Crippen LogP contribution in [0, 0.1) is 0 Å². The van der Waals surface area contributed by atoms with Crippen molar-refractivity contribution >= 4 is 23.7 Å². The Bertz CT molecular complexity index is 1100. The Morgan fingerprint density at radius 1 is 0.973 bits per heavy atom. The molecule has 2 aliphatic rings. The molecule has 0 atom stereocenters. The Kier molecular flexibility index (Phi) is 7.65. The summed E-state index contributed by atoms with van der Waals surface area (Å²) in [5.74, 6) is -0.915. The Morgan fingerprint density at radius 3 is 2.22 bits per heavy atom. The van der Waals surface area contributed by atoms with Crippen LogP contribution in [0.15, 0.2) is 22.7 Å². The van der Waals surface area contributed by atoms with E-state index < -0.39 is 29.0 Å². The molecule has 0 aromatic carbocycles. The zero-order valence-corrected chi connectivity index (χ0v) is 21.3. The van der Waals surface area contributed by atoms with Gasteiger partial charge in [-0.1, -0.05) is 6.07 Å². The smallest absolute Gasteiger partial charge is 0.437 e. The van der Waals surface area contributed by atoms with Crippen molar-refractivity contribution in [1.29, 1.82) is 0 Å². The first-order valence-corrected chi connectivity index (χ1v) is 12.4. The van der Waals surface area contributed by atoms with E-state index in [-0.39, 0.29) is 18.5 Å². The predicted octanol–water partition coefficient (Wildman–Crippen LogP) is 4.56. The molecule has 0 spiro atoms. The van der Waals surface area contributed by atoms with Crippen LogP contribution >= 0.6 is 0 Å². The molecule has 0 radical (unpaired) electrons. The number of rotatable bonds is 5. The molecule has 37 heavy (non-hydrogen) atoms. The van der Waals surface area contributed by atoms with Crippen molar-refractivity contribution in [1.82, 2.24) is 14.9 Å². The first-order chi connectivity index (χ1) is 17.4. The number of aromatic nitrogens is 2. The van der Waals surface area contributed by atoms with Crippen LogP contribution in [-0.4, -0.2) is 71.6 Å². The Labute approximate surface area is 213 Å². The number of anilines is 2. The number of alkyl halides is 3. The highest BCUT2D eigenvalue weighted by Crippen LogP contribution is 2.35. The van der Waals surface area contributed by atoms with Crippen LogP contribution in [-0.2, 0) is 17.3 Å². The van der Waals surface area contributed by atoms with Crippen LogP contribution in [0.25, 0.3) is 0 Å². The third-order valence-corrected chi connectivity index (χ3v) is 6.19. The van der Waals surface area contributed by atoms with Crippen molar-refractivity contribution in [2.45, 2.75) is 58.2 Å². The number of hydrogen-bond donors (Lipinski definition) is 0. The number of carbonyl (C=O) groups is 2. The Morgan fingerprint density at radius 2 is 1.65 bits per heavy atom. The minimum absolute atomic E-state index is 0.158. The van der Waals surface area contributed by atoms with Crippen LogP contribution in [0.5, 0.6) is 0 Å². The number of halogens is 3. The minimum Gasteiger partial charge on any atom is -0.444 e. The van der Waals surface area contributed by atoms with E-state index in [1.54, 1.807) is 21.9 Å². The van der Waals surface area contributed by atoms with Crippen molar-refractivity contribution in [3.05, 3.63) is 35.3 Å². The average Bonchev–Trinajstić information content (AvgIpc) is 3.31. The normalized spacial score (nSPS) is 17.2. The minimum atomic E-state index is -4.80. The van der Waals surface area contributed by atoms with Gasteiger partial charge < -0.3 is 23.9 Å². The highest BCUT2D eigenvalue weighted by Gasteiger charge is 2.41. The average molecular weight is 524 g/mol. The van der Waals surface area contributed by atoms with Gasteiger partial charge in [0.05, 0.1) is 0 Å². The summed E-state index contributed by atoms with van der Waals surface area (Å²) in [5, 5.41) is 0. The van der Waals surface area contributed by atoms with Crippen molar-refractivity contribution in [3.8, 4) is 0 Å². The maximum absolute atomic E-state index is 13.6. The lowest BCUT2D eigenvalue weighted by Crippen LogP contribution is -2.50. The van der Waals surface area contributed by atoms with Gasteiger partial charge in [0.2, 0.25) is 11.5 Å². The third kappa shape index (κ3) is 6.72. The van der Waals surface area contributed by atoms with Gasteiger partial charge in [-0.2, -0.15) is 18.2 Å². The lowest BCUT2D eigenvalue weighted by molar-refractivity contribution is -0.141. The van der Waals surface area contributed by atoms with E-state index in [9.17, 15) is 22.8 Å². The van der Waals surface area contributed by atoms with E-state index in [2.05, 4.69) is 9.97 Å². The maximum Gasteiger partial charge on any atom is 0.437 e. The zero-order valence-electron chi connectivity index (χ0n) is 21.3. The van der Waals surface area contributed by atoms with Crippen molar-refractivity contribution in [3.63, 3.8) is 0 Å². The van der Waals surface area contributed by atoms with E-state index >= 15 is 0 Å². The van der Waals surface area contributed by atoms with Gasteiger partial charge in [-0.15, -0.1) is 0 Å². The topological polar surface area (TPSA) is 92.0 Å². The van der Waals surface area contributed by atoms with Gasteiger partial charge in [0.25, 0.3) is 6.01 Å². The molecule has 1 amide bonds. The quantitative estimate of drug-likeness (QED) is 0.527. The summed E-state index contributed by atoms with van der Waals surface area (Å²) in [7, 11) is 0. The lowest BCUT2D eigenvalue weighted by Gasteiger charge is -2.36. The van der Waals surface area contributed by atoms with E-state index in [4.69, 9.17) is 9.15 Å². The van der Waals surface area contributed by atoms with E-state index in [0.717, 1.165) is 19.3 Å². The number of piperazine rings is 1. The van der Waals surface area contributed by atoms with Gasteiger partial charge in [0, 0.05) is 51.9 Å². The summed E-state index contributed by atoms with van der Waals surface area (Å²) in [6.45, 7) is 8.59. The van der Waals surface area contributed by atoms with Gasteiger partial charge in [-0.3, -0.25) is 4.79 Å². The monoisotopic (exact) mass is 523 g/mol. The molecule has 202 valence electrons. The molecule has 2 aliphatic heterocycles. The molecule has 12 heteroatoms. The molecule has 0 aliphatic carbocycles. The van der Waals surface area contributed by atoms with E-state index in [1.807, 2.05) is 25.7 Å². The van der Waals surface area contributed by atoms with Crippen molar-refractivity contribution in [2.24, 2.45) is 0 Å². The summed E-state index contributed by atoms with van der Waals surface area (Å²) in [6, 6.07) is 3.22. The largest absolute Gasteiger partial charge is 0.444 e. The first-order valence-electron chi connectivity index (χ1n) is 12.4. The van der Waals surface area contributed by atoms with Crippen LogP contribution in [0.3, 0.4) is 0 Å². The maximum atomic E-state index is 13.6. The first kappa shape index (κ1) is 26.7.